The summed E-state index contributed by atoms with van der Waals surface area (Å²) in [4.78, 5) is 16.1. The van der Waals surface area contributed by atoms with Crippen LogP contribution in [-0.4, -0.2) is 17.0 Å². The molecule has 0 fully saturated rings. The first-order chi connectivity index (χ1) is 9.54. The lowest BCUT2D eigenvalue weighted by molar-refractivity contribution is -0.122. The number of rotatable bonds is 4. The third-order valence-corrected chi connectivity index (χ3v) is 2.84. The highest BCUT2D eigenvalue weighted by atomic mass is 16.5. The fourth-order valence-corrected chi connectivity index (χ4v) is 1.78. The van der Waals surface area contributed by atoms with Gasteiger partial charge in [-0.1, -0.05) is 12.1 Å². The Bertz CT molecular complexity index is 611. The van der Waals surface area contributed by atoms with Crippen LogP contribution in [0.1, 0.15) is 18.1 Å². The molecule has 1 aromatic carbocycles. The fourth-order valence-electron chi connectivity index (χ4n) is 1.78. The zero-order valence-corrected chi connectivity index (χ0v) is 11.9. The minimum atomic E-state index is -0.584. The molecule has 0 radical (unpaired) electrons. The van der Waals surface area contributed by atoms with Crippen LogP contribution in [0.4, 0.5) is 5.82 Å². The monoisotopic (exact) mass is 270 g/mol. The van der Waals surface area contributed by atoms with E-state index in [9.17, 15) is 4.79 Å². The minimum absolute atomic E-state index is 0.218. The van der Waals surface area contributed by atoms with Gasteiger partial charge in [-0.15, -0.1) is 0 Å². The van der Waals surface area contributed by atoms with Crippen LogP contribution in [0.15, 0.2) is 42.6 Å². The summed E-state index contributed by atoms with van der Waals surface area (Å²) < 4.78 is 5.62. The van der Waals surface area contributed by atoms with Gasteiger partial charge >= 0.3 is 0 Å². The minimum Gasteiger partial charge on any atom is -0.481 e. The Kier molecular flexibility index (Phi) is 4.35. The van der Waals surface area contributed by atoms with E-state index in [4.69, 9.17) is 4.74 Å². The van der Waals surface area contributed by atoms with Gasteiger partial charge in [0, 0.05) is 6.20 Å². The Morgan fingerprint density at radius 1 is 1.20 bits per heavy atom. The molecular formula is C16H18N2O2. The predicted octanol–water partition coefficient (Wildman–Crippen LogP) is 3.10. The zero-order valence-electron chi connectivity index (χ0n) is 11.9. The van der Waals surface area contributed by atoms with Crippen molar-refractivity contribution in [3.8, 4) is 5.75 Å². The molecule has 104 valence electrons. The first-order valence-corrected chi connectivity index (χ1v) is 6.51. The first-order valence-electron chi connectivity index (χ1n) is 6.51. The lowest BCUT2D eigenvalue weighted by Crippen LogP contribution is -2.30. The number of nitrogens with one attached hydrogen (secondary N) is 1. The van der Waals surface area contributed by atoms with Gasteiger partial charge in [-0.05, 0) is 56.2 Å². The Balaban J connectivity index is 1.98. The van der Waals surface area contributed by atoms with Gasteiger partial charge in [0.25, 0.3) is 5.91 Å². The molecule has 2 rings (SSSR count). The molecule has 1 heterocycles. The molecule has 4 nitrogen and oxygen atoms in total. The third kappa shape index (κ3) is 3.82. The quantitative estimate of drug-likeness (QED) is 0.928. The van der Waals surface area contributed by atoms with E-state index in [2.05, 4.69) is 10.3 Å². The maximum atomic E-state index is 12.0. The maximum Gasteiger partial charge on any atom is 0.266 e. The summed E-state index contributed by atoms with van der Waals surface area (Å²) in [5.74, 6) is 1.00. The number of nitrogens with zero attached hydrogens (tertiary/aromatic N) is 1. The molecule has 0 aliphatic carbocycles. The van der Waals surface area contributed by atoms with Crippen LogP contribution in [0.25, 0.3) is 0 Å². The fraction of sp³-hybridized carbons (Fsp3) is 0.250. The molecule has 1 aromatic heterocycles. The van der Waals surface area contributed by atoms with Gasteiger partial charge in [0.15, 0.2) is 6.10 Å². The summed E-state index contributed by atoms with van der Waals surface area (Å²) in [5.41, 5.74) is 2.14. The topological polar surface area (TPSA) is 51.2 Å². The van der Waals surface area contributed by atoms with Crippen molar-refractivity contribution in [3.63, 3.8) is 0 Å². The van der Waals surface area contributed by atoms with Crippen molar-refractivity contribution in [1.82, 2.24) is 4.98 Å². The van der Waals surface area contributed by atoms with Gasteiger partial charge in [-0.2, -0.15) is 0 Å². The molecule has 20 heavy (non-hydrogen) atoms. The molecule has 1 N–H and O–H groups in total. The molecular weight excluding hydrogens is 252 g/mol. The van der Waals surface area contributed by atoms with Crippen LogP contribution in [0.3, 0.4) is 0 Å². The number of benzene rings is 1. The summed E-state index contributed by atoms with van der Waals surface area (Å²) in [5, 5.41) is 2.74. The van der Waals surface area contributed by atoms with E-state index in [1.807, 2.05) is 50.2 Å². The van der Waals surface area contributed by atoms with Crippen molar-refractivity contribution in [2.24, 2.45) is 0 Å². The van der Waals surface area contributed by atoms with Crippen LogP contribution in [0.2, 0.25) is 0 Å². The normalized spacial score (nSPS) is 11.8. The van der Waals surface area contributed by atoms with Gasteiger partial charge in [0.2, 0.25) is 0 Å². The summed E-state index contributed by atoms with van der Waals surface area (Å²) in [6, 6.07) is 11.3. The van der Waals surface area contributed by atoms with Gasteiger partial charge in [-0.3, -0.25) is 4.79 Å². The highest BCUT2D eigenvalue weighted by molar-refractivity contribution is 5.93. The molecule has 0 spiro atoms. The van der Waals surface area contributed by atoms with Crippen molar-refractivity contribution >= 4 is 11.7 Å². The Hall–Kier alpha value is -2.36. The van der Waals surface area contributed by atoms with Gasteiger partial charge < -0.3 is 10.1 Å². The van der Waals surface area contributed by atoms with E-state index in [-0.39, 0.29) is 5.91 Å². The number of pyridine rings is 1. The van der Waals surface area contributed by atoms with Crippen LogP contribution in [0, 0.1) is 13.8 Å². The summed E-state index contributed by atoms with van der Waals surface area (Å²) in [6.45, 7) is 5.64. The predicted molar refractivity (Wildman–Crippen MR) is 78.9 cm³/mol. The lowest BCUT2D eigenvalue weighted by Gasteiger charge is -2.14. The number of ether oxygens (including phenoxy) is 1. The van der Waals surface area contributed by atoms with E-state index < -0.39 is 6.10 Å². The van der Waals surface area contributed by atoms with Crippen LogP contribution in [0.5, 0.6) is 5.75 Å². The van der Waals surface area contributed by atoms with Gasteiger partial charge in [0.05, 0.1) is 0 Å². The number of aromatic nitrogens is 1. The third-order valence-electron chi connectivity index (χ3n) is 2.84. The highest BCUT2D eigenvalue weighted by Crippen LogP contribution is 2.15. The Morgan fingerprint density at radius 3 is 2.65 bits per heavy atom. The molecule has 4 heteroatoms. The average molecular weight is 270 g/mol. The van der Waals surface area contributed by atoms with E-state index >= 15 is 0 Å². The van der Waals surface area contributed by atoms with Crippen LogP contribution < -0.4 is 10.1 Å². The van der Waals surface area contributed by atoms with Crippen molar-refractivity contribution in [1.29, 1.82) is 0 Å². The molecule has 0 bridgehead atoms. The van der Waals surface area contributed by atoms with Crippen molar-refractivity contribution in [2.45, 2.75) is 26.9 Å². The molecule has 0 aliphatic rings. The van der Waals surface area contributed by atoms with Crippen LogP contribution in [-0.2, 0) is 4.79 Å². The van der Waals surface area contributed by atoms with E-state index in [0.29, 0.717) is 11.6 Å². The number of hydrogen-bond donors (Lipinski definition) is 1. The SMILES string of the molecule is Cc1cccc(OC(C)C(=O)Nc2cc(C)ccn2)c1. The van der Waals surface area contributed by atoms with Crippen LogP contribution >= 0.6 is 0 Å². The lowest BCUT2D eigenvalue weighted by atomic mass is 10.2. The molecule has 1 unspecified atom stereocenters. The largest absolute Gasteiger partial charge is 0.481 e. The molecule has 1 atom stereocenters. The summed E-state index contributed by atoms with van der Waals surface area (Å²) >= 11 is 0. The number of anilines is 1. The molecule has 0 saturated carbocycles. The van der Waals surface area contributed by atoms with Crippen molar-refractivity contribution in [3.05, 3.63) is 53.7 Å². The summed E-state index contributed by atoms with van der Waals surface area (Å²) in [6.07, 6.45) is 1.08. The molecule has 1 amide bonds. The second-order valence-electron chi connectivity index (χ2n) is 4.78. The van der Waals surface area contributed by atoms with Gasteiger partial charge in [0.1, 0.15) is 11.6 Å². The van der Waals surface area contributed by atoms with E-state index in [1.54, 1.807) is 13.1 Å². The first kappa shape index (κ1) is 14.1. The van der Waals surface area contributed by atoms with E-state index in [1.165, 1.54) is 0 Å². The molecule has 0 aliphatic heterocycles. The maximum absolute atomic E-state index is 12.0. The second kappa shape index (κ2) is 6.19. The summed E-state index contributed by atoms with van der Waals surface area (Å²) in [7, 11) is 0. The number of carbonyl (C=O) groups is 1. The standard InChI is InChI=1S/C16H18N2O2/c1-11-5-4-6-14(9-11)20-13(3)16(19)18-15-10-12(2)7-8-17-15/h4-10,13H,1-3H3,(H,17,18,19). The average Bonchev–Trinajstić information content (AvgIpc) is 2.38. The Morgan fingerprint density at radius 2 is 1.95 bits per heavy atom. The van der Waals surface area contributed by atoms with Crippen molar-refractivity contribution < 1.29 is 9.53 Å². The second-order valence-corrected chi connectivity index (χ2v) is 4.78. The van der Waals surface area contributed by atoms with E-state index in [0.717, 1.165) is 11.1 Å². The highest BCUT2D eigenvalue weighted by Gasteiger charge is 2.15. The number of hydrogen-bond acceptors (Lipinski definition) is 3. The smallest absolute Gasteiger partial charge is 0.266 e. The Labute approximate surface area is 118 Å². The zero-order chi connectivity index (χ0) is 14.5. The number of amides is 1. The molecule has 0 saturated heterocycles. The number of aryl methyl sites for hydroxylation is 2. The van der Waals surface area contributed by atoms with Gasteiger partial charge in [-0.25, -0.2) is 4.98 Å². The number of carbonyl (C=O) groups excluding carboxylic acids is 1. The van der Waals surface area contributed by atoms with Crippen molar-refractivity contribution in [2.75, 3.05) is 5.32 Å². The molecule has 2 aromatic rings.